The summed E-state index contributed by atoms with van der Waals surface area (Å²) in [5.41, 5.74) is 2.13. The molecule has 148 valence electrons. The summed E-state index contributed by atoms with van der Waals surface area (Å²) < 4.78 is 10.6. The summed E-state index contributed by atoms with van der Waals surface area (Å²) >= 11 is 3.00. The number of ether oxygens (including phenoxy) is 2. The van der Waals surface area contributed by atoms with Crippen LogP contribution in [0.15, 0.2) is 41.0 Å². The number of esters is 1. The van der Waals surface area contributed by atoms with E-state index in [0.29, 0.717) is 6.61 Å². The van der Waals surface area contributed by atoms with Gasteiger partial charge in [-0.25, -0.2) is 9.97 Å². The number of carbonyl (C=O) groups is 1. The van der Waals surface area contributed by atoms with Crippen LogP contribution < -0.4 is 4.74 Å². The van der Waals surface area contributed by atoms with Crippen molar-refractivity contribution in [3.8, 4) is 16.9 Å². The number of methoxy groups -OCH3 is 1. The molecule has 0 N–H and O–H groups in total. The Bertz CT molecular complexity index is 925. The molecule has 0 fully saturated rings. The number of carbonyl (C=O) groups excluding carboxylic acids is 1. The van der Waals surface area contributed by atoms with E-state index in [9.17, 15) is 4.79 Å². The zero-order chi connectivity index (χ0) is 19.9. The second kappa shape index (κ2) is 9.89. The van der Waals surface area contributed by atoms with Crippen LogP contribution >= 0.6 is 23.1 Å². The van der Waals surface area contributed by atoms with E-state index in [0.717, 1.165) is 51.4 Å². The fourth-order valence-electron chi connectivity index (χ4n) is 2.78. The van der Waals surface area contributed by atoms with Gasteiger partial charge >= 0.3 is 5.97 Å². The Kier molecular flexibility index (Phi) is 7.28. The molecule has 3 aromatic rings. The number of unbranched alkanes of at least 4 members (excludes halogenated alkanes) is 2. The van der Waals surface area contributed by atoms with Crippen LogP contribution in [0.2, 0.25) is 0 Å². The van der Waals surface area contributed by atoms with Crippen LogP contribution in [0.5, 0.6) is 5.75 Å². The van der Waals surface area contributed by atoms with Crippen LogP contribution in [0.4, 0.5) is 0 Å². The van der Waals surface area contributed by atoms with E-state index in [1.165, 1.54) is 11.8 Å². The van der Waals surface area contributed by atoms with Gasteiger partial charge < -0.3 is 9.47 Å². The van der Waals surface area contributed by atoms with Crippen molar-refractivity contribution in [1.29, 1.82) is 0 Å². The van der Waals surface area contributed by atoms with E-state index >= 15 is 0 Å². The summed E-state index contributed by atoms with van der Waals surface area (Å²) in [7, 11) is 1.65. The Labute approximate surface area is 173 Å². The molecule has 0 spiro atoms. The molecule has 0 radical (unpaired) electrons. The number of fused-ring (bicyclic) bond motifs is 1. The van der Waals surface area contributed by atoms with E-state index in [1.54, 1.807) is 24.8 Å². The van der Waals surface area contributed by atoms with Crippen molar-refractivity contribution in [2.45, 2.75) is 43.4 Å². The Morgan fingerprint density at radius 3 is 2.71 bits per heavy atom. The maximum absolute atomic E-state index is 12.3. The first kappa shape index (κ1) is 20.6. The SMILES string of the molecule is CCCCCOC(=O)C(C)Sc1ncnc2scc(-c3ccc(OC)cc3)c12. The quantitative estimate of drug-likeness (QED) is 0.196. The molecule has 2 heterocycles. The normalized spacial score (nSPS) is 12.1. The Hall–Kier alpha value is -2.12. The van der Waals surface area contributed by atoms with Gasteiger partial charge in [0.05, 0.1) is 19.1 Å². The van der Waals surface area contributed by atoms with Gasteiger partial charge in [-0.15, -0.1) is 11.3 Å². The standard InChI is InChI=1S/C21H24N2O3S2/c1-4-5-6-11-26-21(24)14(2)28-20-18-17(12-27-19(18)22-13-23-20)15-7-9-16(25-3)10-8-15/h7-10,12-14H,4-6,11H2,1-3H3. The van der Waals surface area contributed by atoms with Gasteiger partial charge in [-0.1, -0.05) is 43.7 Å². The van der Waals surface area contributed by atoms with Crippen LogP contribution in [0.25, 0.3) is 21.3 Å². The van der Waals surface area contributed by atoms with Crippen LogP contribution in [-0.4, -0.2) is 34.9 Å². The van der Waals surface area contributed by atoms with Crippen LogP contribution in [0.3, 0.4) is 0 Å². The lowest BCUT2D eigenvalue weighted by molar-refractivity contribution is -0.142. The predicted molar refractivity (Wildman–Crippen MR) is 115 cm³/mol. The van der Waals surface area contributed by atoms with Crippen molar-refractivity contribution in [3.63, 3.8) is 0 Å². The van der Waals surface area contributed by atoms with Crippen LogP contribution in [0, 0.1) is 0 Å². The molecule has 0 amide bonds. The molecular formula is C21H24N2O3S2. The van der Waals surface area contributed by atoms with Gasteiger partial charge in [-0.2, -0.15) is 0 Å². The second-order valence-corrected chi connectivity index (χ2v) is 8.56. The fourth-order valence-corrected chi connectivity index (χ4v) is 4.69. The summed E-state index contributed by atoms with van der Waals surface area (Å²) in [6, 6.07) is 7.91. The maximum Gasteiger partial charge on any atom is 0.319 e. The third-order valence-corrected chi connectivity index (χ3v) is 6.31. The number of rotatable bonds is 9. The highest BCUT2D eigenvalue weighted by Gasteiger charge is 2.20. The molecule has 2 aromatic heterocycles. The molecule has 7 heteroatoms. The van der Waals surface area contributed by atoms with Crippen molar-refractivity contribution in [1.82, 2.24) is 9.97 Å². The molecule has 0 aliphatic rings. The zero-order valence-electron chi connectivity index (χ0n) is 16.3. The number of aromatic nitrogens is 2. The van der Waals surface area contributed by atoms with Crippen molar-refractivity contribution >= 4 is 39.3 Å². The second-order valence-electron chi connectivity index (χ2n) is 6.37. The molecule has 5 nitrogen and oxygen atoms in total. The first-order valence-corrected chi connectivity index (χ1v) is 11.1. The Morgan fingerprint density at radius 2 is 2.00 bits per heavy atom. The minimum atomic E-state index is -0.330. The van der Waals surface area contributed by atoms with E-state index in [1.807, 2.05) is 31.2 Å². The van der Waals surface area contributed by atoms with E-state index in [4.69, 9.17) is 9.47 Å². The molecule has 1 atom stereocenters. The highest BCUT2D eigenvalue weighted by Crippen LogP contribution is 2.39. The zero-order valence-corrected chi connectivity index (χ0v) is 17.9. The third kappa shape index (κ3) is 4.83. The number of benzene rings is 1. The minimum absolute atomic E-state index is 0.200. The topological polar surface area (TPSA) is 61.3 Å². The highest BCUT2D eigenvalue weighted by atomic mass is 32.2. The molecule has 0 aliphatic carbocycles. The average Bonchev–Trinajstić information content (AvgIpc) is 3.16. The summed E-state index contributed by atoms with van der Waals surface area (Å²) in [5, 5.41) is 3.53. The molecule has 0 bridgehead atoms. The molecule has 0 saturated carbocycles. The van der Waals surface area contributed by atoms with Crippen molar-refractivity contribution in [2.75, 3.05) is 13.7 Å². The molecular weight excluding hydrogens is 392 g/mol. The first-order chi connectivity index (χ1) is 13.6. The molecule has 1 unspecified atom stereocenters. The predicted octanol–water partition coefficient (Wildman–Crippen LogP) is 5.58. The molecule has 3 rings (SSSR count). The van der Waals surface area contributed by atoms with Gasteiger partial charge in [-0.3, -0.25) is 4.79 Å². The molecule has 28 heavy (non-hydrogen) atoms. The first-order valence-electron chi connectivity index (χ1n) is 9.34. The smallest absolute Gasteiger partial charge is 0.319 e. The van der Waals surface area contributed by atoms with E-state index in [2.05, 4.69) is 22.3 Å². The summed E-state index contributed by atoms with van der Waals surface area (Å²) in [6.07, 6.45) is 4.64. The monoisotopic (exact) mass is 416 g/mol. The summed E-state index contributed by atoms with van der Waals surface area (Å²) in [4.78, 5) is 22.1. The maximum atomic E-state index is 12.3. The van der Waals surface area contributed by atoms with Crippen molar-refractivity contribution in [2.24, 2.45) is 0 Å². The van der Waals surface area contributed by atoms with Gasteiger partial charge in [0.1, 0.15) is 27.2 Å². The third-order valence-electron chi connectivity index (χ3n) is 4.35. The lowest BCUT2D eigenvalue weighted by atomic mass is 10.1. The lowest BCUT2D eigenvalue weighted by Crippen LogP contribution is -2.17. The van der Waals surface area contributed by atoms with Crippen molar-refractivity contribution < 1.29 is 14.3 Å². The number of thioether (sulfide) groups is 1. The van der Waals surface area contributed by atoms with E-state index < -0.39 is 0 Å². The molecule has 0 saturated heterocycles. The van der Waals surface area contributed by atoms with Gasteiger partial charge in [0.2, 0.25) is 0 Å². The van der Waals surface area contributed by atoms with Gasteiger partial charge in [0, 0.05) is 10.9 Å². The van der Waals surface area contributed by atoms with Crippen molar-refractivity contribution in [3.05, 3.63) is 36.0 Å². The number of thiophene rings is 1. The van der Waals surface area contributed by atoms with Gasteiger partial charge in [0.15, 0.2) is 0 Å². The van der Waals surface area contributed by atoms with Crippen LogP contribution in [0.1, 0.15) is 33.1 Å². The number of hydrogen-bond donors (Lipinski definition) is 0. The molecule has 0 aliphatic heterocycles. The Morgan fingerprint density at radius 1 is 1.21 bits per heavy atom. The summed E-state index contributed by atoms with van der Waals surface area (Å²) in [6.45, 7) is 4.47. The van der Waals surface area contributed by atoms with Crippen LogP contribution in [-0.2, 0) is 9.53 Å². The molecule has 1 aromatic carbocycles. The van der Waals surface area contributed by atoms with Gasteiger partial charge in [-0.05, 0) is 31.0 Å². The fraction of sp³-hybridized carbons (Fsp3) is 0.381. The largest absolute Gasteiger partial charge is 0.497 e. The van der Waals surface area contributed by atoms with Gasteiger partial charge in [0.25, 0.3) is 0 Å². The minimum Gasteiger partial charge on any atom is -0.497 e. The summed E-state index contributed by atoms with van der Waals surface area (Å²) in [5.74, 6) is 0.614. The highest BCUT2D eigenvalue weighted by molar-refractivity contribution is 8.00. The Balaban J connectivity index is 1.81. The number of nitrogens with zero attached hydrogens (tertiary/aromatic N) is 2. The van der Waals surface area contributed by atoms with E-state index in [-0.39, 0.29) is 11.2 Å². The lowest BCUT2D eigenvalue weighted by Gasteiger charge is -2.12. The average molecular weight is 417 g/mol. The number of hydrogen-bond acceptors (Lipinski definition) is 7.